The van der Waals surface area contributed by atoms with Gasteiger partial charge in [-0.25, -0.2) is 4.98 Å². The average Bonchev–Trinajstić information content (AvgIpc) is 2.26. The van der Waals surface area contributed by atoms with E-state index in [9.17, 15) is 0 Å². The first-order valence-corrected chi connectivity index (χ1v) is 4.06. The van der Waals surface area contributed by atoms with E-state index in [1.54, 1.807) is 6.08 Å². The zero-order chi connectivity index (χ0) is 8.27. The summed E-state index contributed by atoms with van der Waals surface area (Å²) in [6.45, 7) is 1.95. The Bertz CT molecular complexity index is 267. The number of aliphatic hydroxyl groups is 1. The third-order valence-corrected chi connectivity index (χ3v) is 2.18. The number of aryl methyl sites for hydroxylation is 1. The summed E-state index contributed by atoms with van der Waals surface area (Å²) in [5.74, 6) is 0. The minimum absolute atomic E-state index is 0.0528. The van der Waals surface area contributed by atoms with Gasteiger partial charge in [0.05, 0.1) is 17.2 Å². The standard InChI is InChI=1S/C7H10N2OS/c1-5-6(3-2-4-10)11-7(8)9-5/h2-3,10H,4H2,1H3,(H2,8,9). The van der Waals surface area contributed by atoms with E-state index in [0.29, 0.717) is 5.13 Å². The molecule has 0 unspecified atom stereocenters. The van der Waals surface area contributed by atoms with E-state index in [1.165, 1.54) is 11.3 Å². The molecule has 3 nitrogen and oxygen atoms in total. The van der Waals surface area contributed by atoms with Crippen molar-refractivity contribution in [1.82, 2.24) is 4.98 Å². The predicted octanol–water partition coefficient (Wildman–Crippen LogP) is 1.04. The summed E-state index contributed by atoms with van der Waals surface area (Å²) in [6, 6.07) is 0. The van der Waals surface area contributed by atoms with Crippen LogP contribution in [0.25, 0.3) is 6.08 Å². The average molecular weight is 170 g/mol. The first-order chi connectivity index (χ1) is 5.24. The zero-order valence-electron chi connectivity index (χ0n) is 6.24. The second-order valence-electron chi connectivity index (χ2n) is 2.09. The normalized spacial score (nSPS) is 11.1. The maximum absolute atomic E-state index is 8.49. The van der Waals surface area contributed by atoms with Crippen molar-refractivity contribution in [2.75, 3.05) is 12.3 Å². The molecule has 0 bridgehead atoms. The molecule has 1 aromatic rings. The number of nitrogens with zero attached hydrogens (tertiary/aromatic N) is 1. The summed E-state index contributed by atoms with van der Waals surface area (Å²) >= 11 is 1.42. The molecule has 1 heterocycles. The molecule has 1 aromatic heterocycles. The van der Waals surface area contributed by atoms with Crippen LogP contribution in [0.3, 0.4) is 0 Å². The molecule has 0 saturated heterocycles. The first-order valence-electron chi connectivity index (χ1n) is 3.24. The maximum atomic E-state index is 8.49. The fourth-order valence-corrected chi connectivity index (χ4v) is 1.51. The molecule has 3 N–H and O–H groups in total. The second kappa shape index (κ2) is 3.50. The van der Waals surface area contributed by atoms with E-state index in [1.807, 2.05) is 13.0 Å². The third-order valence-electron chi connectivity index (χ3n) is 1.22. The van der Waals surface area contributed by atoms with Gasteiger partial charge in [-0.05, 0) is 13.0 Å². The van der Waals surface area contributed by atoms with Crippen molar-refractivity contribution in [1.29, 1.82) is 0 Å². The van der Waals surface area contributed by atoms with E-state index in [4.69, 9.17) is 10.8 Å². The van der Waals surface area contributed by atoms with Crippen LogP contribution in [-0.2, 0) is 0 Å². The van der Waals surface area contributed by atoms with Crippen LogP contribution in [0.1, 0.15) is 10.6 Å². The molecular formula is C7H10N2OS. The first kappa shape index (κ1) is 8.23. The number of hydrogen-bond donors (Lipinski definition) is 2. The highest BCUT2D eigenvalue weighted by Gasteiger charge is 1.99. The van der Waals surface area contributed by atoms with Crippen molar-refractivity contribution in [2.24, 2.45) is 0 Å². The summed E-state index contributed by atoms with van der Waals surface area (Å²) in [5, 5.41) is 9.06. The summed E-state index contributed by atoms with van der Waals surface area (Å²) in [4.78, 5) is 5.04. The Labute approximate surface area is 69.2 Å². The molecular weight excluding hydrogens is 160 g/mol. The van der Waals surface area contributed by atoms with Crippen molar-refractivity contribution in [2.45, 2.75) is 6.92 Å². The number of anilines is 1. The minimum atomic E-state index is 0.0528. The van der Waals surface area contributed by atoms with Gasteiger partial charge in [0.15, 0.2) is 5.13 Å². The Morgan fingerprint density at radius 2 is 2.45 bits per heavy atom. The van der Waals surface area contributed by atoms with E-state index in [-0.39, 0.29) is 6.61 Å². The molecule has 0 spiro atoms. The van der Waals surface area contributed by atoms with Gasteiger partial charge in [0.2, 0.25) is 0 Å². The third kappa shape index (κ3) is 2.03. The van der Waals surface area contributed by atoms with Crippen LogP contribution in [0.2, 0.25) is 0 Å². The predicted molar refractivity (Wildman–Crippen MR) is 47.4 cm³/mol. The van der Waals surface area contributed by atoms with Crippen LogP contribution in [0.4, 0.5) is 5.13 Å². The van der Waals surface area contributed by atoms with Crippen molar-refractivity contribution in [3.8, 4) is 0 Å². The number of nitrogen functional groups attached to an aromatic ring is 1. The van der Waals surface area contributed by atoms with Gasteiger partial charge in [-0.2, -0.15) is 0 Å². The number of aromatic nitrogens is 1. The van der Waals surface area contributed by atoms with Crippen molar-refractivity contribution >= 4 is 22.5 Å². The molecule has 60 valence electrons. The van der Waals surface area contributed by atoms with Crippen LogP contribution in [0, 0.1) is 6.92 Å². The Kier molecular flexibility index (Phi) is 2.62. The van der Waals surface area contributed by atoms with Gasteiger partial charge < -0.3 is 10.8 Å². The van der Waals surface area contributed by atoms with E-state index in [2.05, 4.69) is 4.98 Å². The highest BCUT2D eigenvalue weighted by Crippen LogP contribution is 2.20. The topological polar surface area (TPSA) is 59.1 Å². The Hall–Kier alpha value is -0.870. The number of aliphatic hydroxyl groups excluding tert-OH is 1. The van der Waals surface area contributed by atoms with Crippen LogP contribution < -0.4 is 5.73 Å². The smallest absolute Gasteiger partial charge is 0.180 e. The minimum Gasteiger partial charge on any atom is -0.392 e. The molecule has 0 aliphatic rings. The van der Waals surface area contributed by atoms with Crippen molar-refractivity contribution in [3.63, 3.8) is 0 Å². The zero-order valence-corrected chi connectivity index (χ0v) is 7.06. The maximum Gasteiger partial charge on any atom is 0.180 e. The van der Waals surface area contributed by atoms with Gasteiger partial charge in [-0.15, -0.1) is 0 Å². The molecule has 0 fully saturated rings. The summed E-state index contributed by atoms with van der Waals surface area (Å²) < 4.78 is 0. The molecule has 11 heavy (non-hydrogen) atoms. The quantitative estimate of drug-likeness (QED) is 0.697. The SMILES string of the molecule is Cc1nc(N)sc1C=CCO. The fourth-order valence-electron chi connectivity index (χ4n) is 0.744. The molecule has 4 heteroatoms. The highest BCUT2D eigenvalue weighted by molar-refractivity contribution is 7.16. The molecule has 0 amide bonds. The Morgan fingerprint density at radius 1 is 1.73 bits per heavy atom. The number of hydrogen-bond acceptors (Lipinski definition) is 4. The summed E-state index contributed by atoms with van der Waals surface area (Å²) in [5.41, 5.74) is 6.38. The van der Waals surface area contributed by atoms with Crippen LogP contribution in [0.5, 0.6) is 0 Å². The van der Waals surface area contributed by atoms with Gasteiger partial charge in [-0.1, -0.05) is 17.4 Å². The highest BCUT2D eigenvalue weighted by atomic mass is 32.1. The number of nitrogens with two attached hydrogens (primary N) is 1. The van der Waals surface area contributed by atoms with Gasteiger partial charge in [0.25, 0.3) is 0 Å². The molecule has 0 aliphatic heterocycles. The monoisotopic (exact) mass is 170 g/mol. The molecule has 0 aliphatic carbocycles. The Balaban J connectivity index is 2.85. The fraction of sp³-hybridized carbons (Fsp3) is 0.286. The number of thiazole rings is 1. The Morgan fingerprint density at radius 3 is 2.91 bits per heavy atom. The summed E-state index contributed by atoms with van der Waals surface area (Å²) in [7, 11) is 0. The lowest BCUT2D eigenvalue weighted by molar-refractivity contribution is 0.343. The molecule has 0 saturated carbocycles. The van der Waals surface area contributed by atoms with E-state index in [0.717, 1.165) is 10.6 Å². The second-order valence-corrected chi connectivity index (χ2v) is 3.15. The van der Waals surface area contributed by atoms with E-state index >= 15 is 0 Å². The summed E-state index contributed by atoms with van der Waals surface area (Å²) in [6.07, 6.45) is 3.49. The molecule has 0 aromatic carbocycles. The molecule has 0 atom stereocenters. The van der Waals surface area contributed by atoms with Gasteiger partial charge in [0.1, 0.15) is 0 Å². The van der Waals surface area contributed by atoms with Crippen molar-refractivity contribution < 1.29 is 5.11 Å². The molecule has 1 rings (SSSR count). The van der Waals surface area contributed by atoms with E-state index < -0.39 is 0 Å². The van der Waals surface area contributed by atoms with Crippen molar-refractivity contribution in [3.05, 3.63) is 16.6 Å². The van der Waals surface area contributed by atoms with Gasteiger partial charge >= 0.3 is 0 Å². The largest absolute Gasteiger partial charge is 0.392 e. The van der Waals surface area contributed by atoms with Gasteiger partial charge in [0, 0.05) is 0 Å². The lowest BCUT2D eigenvalue weighted by Gasteiger charge is -1.84. The lowest BCUT2D eigenvalue weighted by atomic mass is 10.3. The van der Waals surface area contributed by atoms with Crippen LogP contribution in [0.15, 0.2) is 6.08 Å². The van der Waals surface area contributed by atoms with Crippen LogP contribution >= 0.6 is 11.3 Å². The number of rotatable bonds is 2. The molecule has 0 radical (unpaired) electrons. The van der Waals surface area contributed by atoms with Gasteiger partial charge in [-0.3, -0.25) is 0 Å². The lowest BCUT2D eigenvalue weighted by Crippen LogP contribution is -1.80. The van der Waals surface area contributed by atoms with Crippen LogP contribution in [-0.4, -0.2) is 16.7 Å².